The van der Waals surface area contributed by atoms with E-state index in [1.807, 2.05) is 31.2 Å². The molecule has 0 fully saturated rings. The van der Waals surface area contributed by atoms with Gasteiger partial charge in [-0.05, 0) is 30.7 Å². The second-order valence-corrected chi connectivity index (χ2v) is 5.62. The van der Waals surface area contributed by atoms with E-state index in [0.29, 0.717) is 18.7 Å². The van der Waals surface area contributed by atoms with Gasteiger partial charge in [-0.1, -0.05) is 28.9 Å². The van der Waals surface area contributed by atoms with Crippen LogP contribution >= 0.6 is 28.3 Å². The molecule has 1 atom stereocenters. The molecular weight excluding hydrogens is 356 g/mol. The number of carbonyl (C=O) groups excluding carboxylic acids is 1. The molecule has 1 aromatic heterocycles. The lowest BCUT2D eigenvalue weighted by atomic mass is 10.2. The molecule has 0 saturated heterocycles. The van der Waals surface area contributed by atoms with Crippen LogP contribution in [0.2, 0.25) is 0 Å². The summed E-state index contributed by atoms with van der Waals surface area (Å²) in [5.41, 5.74) is 6.95. The van der Waals surface area contributed by atoms with Crippen LogP contribution in [-0.4, -0.2) is 28.8 Å². The summed E-state index contributed by atoms with van der Waals surface area (Å²) in [6.45, 7) is 3.11. The maximum atomic E-state index is 12.0. The number of hydrogen-bond donors (Lipinski definition) is 2. The molecule has 0 aliphatic heterocycles. The number of hydrogen-bond acceptors (Lipinski definition) is 3. The van der Waals surface area contributed by atoms with Crippen molar-refractivity contribution in [2.45, 2.75) is 6.92 Å². The van der Waals surface area contributed by atoms with E-state index in [4.69, 9.17) is 5.73 Å². The number of nitrogens with one attached hydrogen (secondary N) is 1. The van der Waals surface area contributed by atoms with E-state index in [1.54, 1.807) is 17.1 Å². The number of carbonyl (C=O) groups is 1. The zero-order chi connectivity index (χ0) is 14.5. The van der Waals surface area contributed by atoms with Crippen LogP contribution in [0.5, 0.6) is 0 Å². The van der Waals surface area contributed by atoms with E-state index < -0.39 is 0 Å². The lowest BCUT2D eigenvalue weighted by Gasteiger charge is -2.08. The first-order valence-electron chi connectivity index (χ1n) is 6.39. The molecule has 5 nitrogen and oxygen atoms in total. The summed E-state index contributed by atoms with van der Waals surface area (Å²) in [5, 5.41) is 7.05. The van der Waals surface area contributed by atoms with E-state index in [9.17, 15) is 4.79 Å². The zero-order valence-electron chi connectivity index (χ0n) is 11.6. The second-order valence-electron chi connectivity index (χ2n) is 4.70. The van der Waals surface area contributed by atoms with Crippen LogP contribution in [0.3, 0.4) is 0 Å². The summed E-state index contributed by atoms with van der Waals surface area (Å²) in [7, 11) is 0. The second kappa shape index (κ2) is 8.17. The molecule has 1 unspecified atom stereocenters. The Labute approximate surface area is 138 Å². The van der Waals surface area contributed by atoms with Crippen LogP contribution in [0, 0.1) is 5.92 Å². The molecule has 0 radical (unpaired) electrons. The summed E-state index contributed by atoms with van der Waals surface area (Å²) in [4.78, 5) is 12.0. The molecular formula is C14H18BrClN4O. The standard InChI is InChI=1S/C14H17BrN4O.ClH/c1-10(6-16)7-17-14(20)11-8-18-19(9-11)13-4-2-3-12(15)5-13;/h2-5,8-10H,6-7,16H2,1H3,(H,17,20);1H. The van der Waals surface area contributed by atoms with Crippen LogP contribution in [-0.2, 0) is 0 Å². The summed E-state index contributed by atoms with van der Waals surface area (Å²) < 4.78 is 2.64. The van der Waals surface area contributed by atoms with Gasteiger partial charge in [-0.25, -0.2) is 4.68 Å². The highest BCUT2D eigenvalue weighted by atomic mass is 79.9. The van der Waals surface area contributed by atoms with Crippen molar-refractivity contribution in [3.63, 3.8) is 0 Å². The summed E-state index contributed by atoms with van der Waals surface area (Å²) in [6.07, 6.45) is 3.27. The van der Waals surface area contributed by atoms with E-state index in [0.717, 1.165) is 10.2 Å². The number of nitrogens with zero attached hydrogens (tertiary/aromatic N) is 2. The normalized spacial score (nSPS) is 11.6. The predicted octanol–water partition coefficient (Wildman–Crippen LogP) is 2.38. The van der Waals surface area contributed by atoms with Crippen LogP contribution < -0.4 is 11.1 Å². The maximum Gasteiger partial charge on any atom is 0.254 e. The van der Waals surface area contributed by atoms with Gasteiger partial charge in [0.15, 0.2) is 0 Å². The van der Waals surface area contributed by atoms with E-state index in [-0.39, 0.29) is 24.2 Å². The Hall–Kier alpha value is -1.37. The minimum atomic E-state index is -0.133. The third-order valence-electron chi connectivity index (χ3n) is 2.93. The number of rotatable bonds is 5. The van der Waals surface area contributed by atoms with Crippen LogP contribution in [0.25, 0.3) is 5.69 Å². The van der Waals surface area contributed by atoms with E-state index in [2.05, 4.69) is 26.3 Å². The van der Waals surface area contributed by atoms with Gasteiger partial charge in [0, 0.05) is 17.2 Å². The van der Waals surface area contributed by atoms with Gasteiger partial charge in [-0.3, -0.25) is 4.79 Å². The molecule has 0 spiro atoms. The molecule has 1 amide bonds. The SMILES string of the molecule is CC(CN)CNC(=O)c1cnn(-c2cccc(Br)c2)c1.Cl. The van der Waals surface area contributed by atoms with Crippen molar-refractivity contribution in [2.24, 2.45) is 11.7 Å². The number of amides is 1. The maximum absolute atomic E-state index is 12.0. The quantitative estimate of drug-likeness (QED) is 0.845. The summed E-state index contributed by atoms with van der Waals surface area (Å²) >= 11 is 3.41. The van der Waals surface area contributed by atoms with Gasteiger partial charge >= 0.3 is 0 Å². The Morgan fingerprint density at radius 1 is 1.52 bits per heavy atom. The molecule has 7 heteroatoms. The van der Waals surface area contributed by atoms with Crippen molar-refractivity contribution in [3.8, 4) is 5.69 Å². The Bertz CT molecular complexity index is 602. The van der Waals surface area contributed by atoms with Gasteiger partial charge in [-0.15, -0.1) is 12.4 Å². The van der Waals surface area contributed by atoms with Gasteiger partial charge in [0.2, 0.25) is 0 Å². The Kier molecular flexibility index (Phi) is 6.87. The molecule has 2 aromatic rings. The van der Waals surface area contributed by atoms with Crippen LogP contribution in [0.15, 0.2) is 41.1 Å². The van der Waals surface area contributed by atoms with Gasteiger partial charge in [0.05, 0.1) is 17.4 Å². The van der Waals surface area contributed by atoms with Crippen molar-refractivity contribution in [1.29, 1.82) is 0 Å². The molecule has 21 heavy (non-hydrogen) atoms. The fraction of sp³-hybridized carbons (Fsp3) is 0.286. The van der Waals surface area contributed by atoms with Gasteiger partial charge < -0.3 is 11.1 Å². The van der Waals surface area contributed by atoms with Gasteiger partial charge in [0.25, 0.3) is 5.91 Å². The minimum absolute atomic E-state index is 0. The molecule has 2 rings (SSSR count). The molecule has 3 N–H and O–H groups in total. The average Bonchev–Trinajstić information content (AvgIpc) is 2.94. The average molecular weight is 374 g/mol. The molecule has 114 valence electrons. The highest BCUT2D eigenvalue weighted by molar-refractivity contribution is 9.10. The molecule has 1 aromatic carbocycles. The number of aromatic nitrogens is 2. The van der Waals surface area contributed by atoms with Crippen molar-refractivity contribution < 1.29 is 4.79 Å². The lowest BCUT2D eigenvalue weighted by molar-refractivity contribution is 0.0948. The minimum Gasteiger partial charge on any atom is -0.352 e. The van der Waals surface area contributed by atoms with Crippen LogP contribution in [0.1, 0.15) is 17.3 Å². The molecule has 0 bridgehead atoms. The summed E-state index contributed by atoms with van der Waals surface area (Å²) in [6, 6.07) is 7.72. The Balaban J connectivity index is 0.00000220. The van der Waals surface area contributed by atoms with Crippen molar-refractivity contribution >= 4 is 34.2 Å². The molecule has 0 aliphatic rings. The molecule has 0 saturated carbocycles. The van der Waals surface area contributed by atoms with E-state index in [1.165, 1.54) is 0 Å². The summed E-state index contributed by atoms with van der Waals surface area (Å²) in [5.74, 6) is 0.130. The first-order valence-corrected chi connectivity index (χ1v) is 7.18. The monoisotopic (exact) mass is 372 g/mol. The number of halogens is 2. The van der Waals surface area contributed by atoms with Gasteiger partial charge in [-0.2, -0.15) is 5.10 Å². The Morgan fingerprint density at radius 3 is 2.95 bits per heavy atom. The third-order valence-corrected chi connectivity index (χ3v) is 3.42. The zero-order valence-corrected chi connectivity index (χ0v) is 14.0. The third kappa shape index (κ3) is 4.84. The largest absolute Gasteiger partial charge is 0.352 e. The molecule has 0 aliphatic carbocycles. The topological polar surface area (TPSA) is 72.9 Å². The van der Waals surface area contributed by atoms with Crippen LogP contribution in [0.4, 0.5) is 0 Å². The lowest BCUT2D eigenvalue weighted by Crippen LogP contribution is -2.31. The van der Waals surface area contributed by atoms with Crippen molar-refractivity contribution in [3.05, 3.63) is 46.7 Å². The highest BCUT2D eigenvalue weighted by Crippen LogP contribution is 2.15. The highest BCUT2D eigenvalue weighted by Gasteiger charge is 2.10. The first kappa shape index (κ1) is 17.7. The molecule has 1 heterocycles. The number of nitrogens with two attached hydrogens (primary N) is 1. The van der Waals surface area contributed by atoms with Crippen molar-refractivity contribution in [2.75, 3.05) is 13.1 Å². The first-order chi connectivity index (χ1) is 9.60. The fourth-order valence-electron chi connectivity index (χ4n) is 1.65. The number of benzene rings is 1. The van der Waals surface area contributed by atoms with Crippen molar-refractivity contribution in [1.82, 2.24) is 15.1 Å². The smallest absolute Gasteiger partial charge is 0.254 e. The van der Waals surface area contributed by atoms with Gasteiger partial charge in [0.1, 0.15) is 0 Å². The predicted molar refractivity (Wildman–Crippen MR) is 89.1 cm³/mol. The fourth-order valence-corrected chi connectivity index (χ4v) is 2.04. The Morgan fingerprint density at radius 2 is 2.29 bits per heavy atom. The van der Waals surface area contributed by atoms with E-state index >= 15 is 0 Å².